The Bertz CT molecular complexity index is 474. The number of methoxy groups -OCH3 is 1. The molecule has 1 atom stereocenters. The fourth-order valence-corrected chi connectivity index (χ4v) is 1.67. The van der Waals surface area contributed by atoms with Gasteiger partial charge in [-0.2, -0.15) is 5.26 Å². The number of ketones is 1. The standard InChI is InChI=1S/C14H17NO2/c1-10-5-6-13(17-4)12(7-10)8-14(3,9-15)11(2)16/h5-7H,8H2,1-4H3. The SMILES string of the molecule is COc1ccc(C)cc1CC(C)(C#N)C(C)=O. The van der Waals surface area contributed by atoms with Gasteiger partial charge in [0.15, 0.2) is 0 Å². The highest BCUT2D eigenvalue weighted by Gasteiger charge is 2.31. The molecule has 0 heterocycles. The number of carbonyl (C=O) groups is 1. The first kappa shape index (κ1) is 13.2. The Hall–Kier alpha value is -1.82. The summed E-state index contributed by atoms with van der Waals surface area (Å²) in [4.78, 5) is 11.5. The van der Waals surface area contributed by atoms with Crippen molar-refractivity contribution >= 4 is 5.78 Å². The van der Waals surface area contributed by atoms with Crippen molar-refractivity contribution in [3.63, 3.8) is 0 Å². The zero-order valence-corrected chi connectivity index (χ0v) is 10.7. The first-order chi connectivity index (χ1) is 7.92. The van der Waals surface area contributed by atoms with Crippen molar-refractivity contribution in [3.8, 4) is 11.8 Å². The number of ether oxygens (including phenoxy) is 1. The van der Waals surface area contributed by atoms with Gasteiger partial charge in [-0.1, -0.05) is 17.7 Å². The molecule has 0 aliphatic rings. The van der Waals surface area contributed by atoms with Gasteiger partial charge in [0.25, 0.3) is 0 Å². The van der Waals surface area contributed by atoms with Gasteiger partial charge in [0, 0.05) is 6.42 Å². The number of nitrogens with zero attached hydrogens (tertiary/aromatic N) is 1. The molecule has 0 amide bonds. The zero-order chi connectivity index (χ0) is 13.1. The van der Waals surface area contributed by atoms with Crippen LogP contribution in [0.2, 0.25) is 0 Å². The van der Waals surface area contributed by atoms with Crippen LogP contribution in [0.5, 0.6) is 5.75 Å². The summed E-state index contributed by atoms with van der Waals surface area (Å²) in [5.74, 6) is 0.599. The normalized spacial score (nSPS) is 13.6. The fraction of sp³-hybridized carbons (Fsp3) is 0.429. The minimum Gasteiger partial charge on any atom is -0.496 e. The quantitative estimate of drug-likeness (QED) is 0.800. The average Bonchev–Trinajstić information content (AvgIpc) is 2.29. The van der Waals surface area contributed by atoms with Crippen molar-refractivity contribution in [2.45, 2.75) is 27.2 Å². The summed E-state index contributed by atoms with van der Waals surface area (Å²) in [6, 6.07) is 7.86. The second kappa shape index (κ2) is 5.01. The molecular weight excluding hydrogens is 214 g/mol. The van der Waals surface area contributed by atoms with E-state index in [1.807, 2.05) is 25.1 Å². The molecule has 3 heteroatoms. The van der Waals surface area contributed by atoms with Gasteiger partial charge in [0.1, 0.15) is 16.9 Å². The predicted molar refractivity (Wildman–Crippen MR) is 65.8 cm³/mol. The van der Waals surface area contributed by atoms with Crippen LogP contribution in [0.4, 0.5) is 0 Å². The number of carbonyl (C=O) groups excluding carboxylic acids is 1. The Morgan fingerprint density at radius 3 is 2.65 bits per heavy atom. The minimum absolute atomic E-state index is 0.122. The molecule has 0 N–H and O–H groups in total. The molecule has 1 aromatic carbocycles. The summed E-state index contributed by atoms with van der Waals surface area (Å²) < 4.78 is 5.25. The highest BCUT2D eigenvalue weighted by Crippen LogP contribution is 2.29. The molecule has 0 aliphatic heterocycles. The topological polar surface area (TPSA) is 50.1 Å². The van der Waals surface area contributed by atoms with Crippen LogP contribution in [-0.2, 0) is 11.2 Å². The summed E-state index contributed by atoms with van der Waals surface area (Å²) in [5.41, 5.74) is 0.998. The third-order valence-corrected chi connectivity index (χ3v) is 3.00. The van der Waals surface area contributed by atoms with Gasteiger partial charge in [0.2, 0.25) is 0 Å². The van der Waals surface area contributed by atoms with Crippen LogP contribution in [0.15, 0.2) is 18.2 Å². The number of hydrogen-bond donors (Lipinski definition) is 0. The maximum Gasteiger partial charge on any atom is 0.150 e. The molecule has 0 aromatic heterocycles. The van der Waals surface area contributed by atoms with E-state index in [4.69, 9.17) is 10.00 Å². The van der Waals surface area contributed by atoms with Crippen LogP contribution < -0.4 is 4.74 Å². The number of Topliss-reactive ketones (excluding diaryl/α,β-unsaturated/α-hetero) is 1. The smallest absolute Gasteiger partial charge is 0.150 e. The molecular formula is C14H17NO2. The highest BCUT2D eigenvalue weighted by molar-refractivity contribution is 5.85. The molecule has 0 fully saturated rings. The lowest BCUT2D eigenvalue weighted by Gasteiger charge is -2.19. The lowest BCUT2D eigenvalue weighted by molar-refractivity contribution is -0.123. The summed E-state index contributed by atoms with van der Waals surface area (Å²) >= 11 is 0. The number of rotatable bonds is 4. The van der Waals surface area contributed by atoms with Crippen molar-refractivity contribution in [2.75, 3.05) is 7.11 Å². The summed E-state index contributed by atoms with van der Waals surface area (Å²) in [6.07, 6.45) is 0.379. The molecule has 0 aliphatic carbocycles. The maximum absolute atomic E-state index is 11.5. The maximum atomic E-state index is 11.5. The van der Waals surface area contributed by atoms with Crippen LogP contribution >= 0.6 is 0 Å². The average molecular weight is 231 g/mol. The minimum atomic E-state index is -0.985. The fourth-order valence-electron chi connectivity index (χ4n) is 1.67. The number of nitriles is 1. The predicted octanol–water partition coefficient (Wildman–Crippen LogP) is 2.67. The Morgan fingerprint density at radius 2 is 2.18 bits per heavy atom. The van der Waals surface area contributed by atoms with E-state index in [1.54, 1.807) is 14.0 Å². The Kier molecular flexibility index (Phi) is 3.90. The second-order valence-corrected chi connectivity index (χ2v) is 4.49. The van der Waals surface area contributed by atoms with E-state index >= 15 is 0 Å². The lowest BCUT2D eigenvalue weighted by Crippen LogP contribution is -2.26. The number of benzene rings is 1. The number of aryl methyl sites for hydroxylation is 1. The molecule has 1 aromatic rings. The Morgan fingerprint density at radius 1 is 1.53 bits per heavy atom. The van der Waals surface area contributed by atoms with E-state index in [1.165, 1.54) is 6.92 Å². The molecule has 0 radical (unpaired) electrons. The largest absolute Gasteiger partial charge is 0.496 e. The molecule has 0 saturated heterocycles. The third-order valence-electron chi connectivity index (χ3n) is 3.00. The van der Waals surface area contributed by atoms with E-state index in [9.17, 15) is 4.79 Å². The molecule has 3 nitrogen and oxygen atoms in total. The van der Waals surface area contributed by atoms with E-state index in [0.717, 1.165) is 16.9 Å². The summed E-state index contributed by atoms with van der Waals surface area (Å²) in [6.45, 7) is 5.09. The lowest BCUT2D eigenvalue weighted by atomic mass is 9.81. The van der Waals surface area contributed by atoms with Crippen LogP contribution in [0.1, 0.15) is 25.0 Å². The molecule has 0 bridgehead atoms. The molecule has 1 unspecified atom stereocenters. The van der Waals surface area contributed by atoms with Crippen molar-refractivity contribution in [3.05, 3.63) is 29.3 Å². The van der Waals surface area contributed by atoms with Gasteiger partial charge in [0.05, 0.1) is 13.2 Å². The van der Waals surface area contributed by atoms with Gasteiger partial charge in [-0.05, 0) is 32.4 Å². The summed E-state index contributed by atoms with van der Waals surface area (Å²) in [5, 5.41) is 9.14. The zero-order valence-electron chi connectivity index (χ0n) is 10.7. The molecule has 0 spiro atoms. The van der Waals surface area contributed by atoms with Gasteiger partial charge in [-0.3, -0.25) is 4.79 Å². The molecule has 0 saturated carbocycles. The Labute approximate surface area is 102 Å². The first-order valence-corrected chi connectivity index (χ1v) is 5.49. The van der Waals surface area contributed by atoms with E-state index in [2.05, 4.69) is 6.07 Å². The number of hydrogen-bond acceptors (Lipinski definition) is 3. The van der Waals surface area contributed by atoms with Crippen LogP contribution in [0.25, 0.3) is 0 Å². The van der Waals surface area contributed by atoms with E-state index in [0.29, 0.717) is 6.42 Å². The summed E-state index contributed by atoms with van der Waals surface area (Å²) in [7, 11) is 1.59. The van der Waals surface area contributed by atoms with Crippen LogP contribution in [0.3, 0.4) is 0 Å². The van der Waals surface area contributed by atoms with Gasteiger partial charge in [-0.15, -0.1) is 0 Å². The molecule has 1 rings (SSSR count). The molecule has 17 heavy (non-hydrogen) atoms. The van der Waals surface area contributed by atoms with Gasteiger partial charge in [-0.25, -0.2) is 0 Å². The van der Waals surface area contributed by atoms with Crippen LogP contribution in [-0.4, -0.2) is 12.9 Å². The van der Waals surface area contributed by atoms with Crippen molar-refractivity contribution < 1.29 is 9.53 Å². The third kappa shape index (κ3) is 2.85. The van der Waals surface area contributed by atoms with Crippen LogP contribution in [0, 0.1) is 23.7 Å². The monoisotopic (exact) mass is 231 g/mol. The van der Waals surface area contributed by atoms with Crippen molar-refractivity contribution in [2.24, 2.45) is 5.41 Å². The van der Waals surface area contributed by atoms with Crippen molar-refractivity contribution in [1.29, 1.82) is 5.26 Å². The van der Waals surface area contributed by atoms with E-state index < -0.39 is 5.41 Å². The van der Waals surface area contributed by atoms with E-state index in [-0.39, 0.29) is 5.78 Å². The highest BCUT2D eigenvalue weighted by atomic mass is 16.5. The first-order valence-electron chi connectivity index (χ1n) is 5.49. The molecule has 90 valence electrons. The van der Waals surface area contributed by atoms with Crippen molar-refractivity contribution in [1.82, 2.24) is 0 Å². The Balaban J connectivity index is 3.14. The van der Waals surface area contributed by atoms with Gasteiger partial charge >= 0.3 is 0 Å². The second-order valence-electron chi connectivity index (χ2n) is 4.49. The van der Waals surface area contributed by atoms with Gasteiger partial charge < -0.3 is 4.74 Å².